The number of hydrogen-bond acceptors (Lipinski definition) is 11. The number of allylic oxidation sites excluding steroid dienone is 18. The largest absolute Gasteiger partial charge is 0.479 e. The SMILES string of the molecule is CC/C=C\C/C=C\C/C=C\C/C=C\CCCCC(=O)OC(COC(=O)CCCCCCCCCCC/C=C\C/C=C\CCCCC)COC1OC(C(=O)O)C(O)C(O)C1OC(=O)CCCCCCC/C=C\C/C=C\C/C=C\CC. The Balaban J connectivity index is 2.71. The molecule has 1 saturated heterocycles. The summed E-state index contributed by atoms with van der Waals surface area (Å²) in [5, 5.41) is 31.5. The quantitative estimate of drug-likeness (QED) is 0.0228. The van der Waals surface area contributed by atoms with E-state index in [4.69, 9.17) is 23.7 Å². The van der Waals surface area contributed by atoms with Gasteiger partial charge in [0.2, 0.25) is 0 Å². The van der Waals surface area contributed by atoms with E-state index in [1.807, 2.05) is 0 Å². The number of carbonyl (C=O) groups is 4. The van der Waals surface area contributed by atoms with Crippen LogP contribution in [-0.2, 0) is 42.9 Å². The van der Waals surface area contributed by atoms with Gasteiger partial charge in [-0.05, 0) is 122 Å². The van der Waals surface area contributed by atoms with E-state index >= 15 is 0 Å². The van der Waals surface area contributed by atoms with Crippen molar-refractivity contribution < 1.29 is 58.2 Å². The molecule has 1 aliphatic heterocycles. The number of esters is 3. The van der Waals surface area contributed by atoms with Crippen molar-refractivity contribution in [3.8, 4) is 0 Å². The van der Waals surface area contributed by atoms with E-state index in [1.165, 1.54) is 57.8 Å². The number of hydrogen-bond donors (Lipinski definition) is 3. The van der Waals surface area contributed by atoms with Crippen LogP contribution in [0.3, 0.4) is 0 Å². The first-order chi connectivity index (χ1) is 38.6. The number of aliphatic hydroxyl groups is 2. The smallest absolute Gasteiger partial charge is 0.335 e. The normalized spacial score (nSPS) is 18.6. The van der Waals surface area contributed by atoms with E-state index in [0.717, 1.165) is 122 Å². The molecule has 12 nitrogen and oxygen atoms in total. The third-order valence-electron chi connectivity index (χ3n) is 13.3. The molecule has 0 bridgehead atoms. The highest BCUT2D eigenvalue weighted by Crippen LogP contribution is 2.26. The number of carboxylic acids is 1. The van der Waals surface area contributed by atoms with Crippen molar-refractivity contribution in [2.24, 2.45) is 0 Å². The van der Waals surface area contributed by atoms with Crippen LogP contribution in [0.4, 0.5) is 0 Å². The summed E-state index contributed by atoms with van der Waals surface area (Å²) in [7, 11) is 0. The Kier molecular flexibility index (Phi) is 49.5. The summed E-state index contributed by atoms with van der Waals surface area (Å²) in [5.41, 5.74) is 0. The zero-order valence-electron chi connectivity index (χ0n) is 49.3. The van der Waals surface area contributed by atoms with Crippen molar-refractivity contribution in [1.29, 1.82) is 0 Å². The molecule has 12 heteroatoms. The van der Waals surface area contributed by atoms with Crippen LogP contribution in [0.15, 0.2) is 109 Å². The van der Waals surface area contributed by atoms with Crippen LogP contribution in [0.2, 0.25) is 0 Å². The molecular formula is C67H108O12. The molecule has 1 fully saturated rings. The lowest BCUT2D eigenvalue weighted by molar-refractivity contribution is -0.301. The highest BCUT2D eigenvalue weighted by Gasteiger charge is 2.50. The van der Waals surface area contributed by atoms with Crippen molar-refractivity contribution in [3.05, 3.63) is 109 Å². The molecule has 0 spiro atoms. The van der Waals surface area contributed by atoms with E-state index in [9.17, 15) is 34.5 Å². The zero-order valence-corrected chi connectivity index (χ0v) is 49.3. The van der Waals surface area contributed by atoms with Crippen molar-refractivity contribution in [1.82, 2.24) is 0 Å². The van der Waals surface area contributed by atoms with Gasteiger partial charge >= 0.3 is 23.9 Å². The van der Waals surface area contributed by atoms with Crippen LogP contribution in [-0.4, -0.2) is 89.2 Å². The lowest BCUT2D eigenvalue weighted by Gasteiger charge is -2.40. The van der Waals surface area contributed by atoms with E-state index in [0.29, 0.717) is 19.3 Å². The first kappa shape index (κ1) is 72.4. The fourth-order valence-electron chi connectivity index (χ4n) is 8.64. The molecular weight excluding hydrogens is 997 g/mol. The molecule has 6 unspecified atom stereocenters. The Hall–Kier alpha value is -4.62. The Morgan fingerprint density at radius 1 is 0.430 bits per heavy atom. The second kappa shape index (κ2) is 54.0. The average molecular weight is 1110 g/mol. The van der Waals surface area contributed by atoms with Gasteiger partial charge in [-0.15, -0.1) is 0 Å². The van der Waals surface area contributed by atoms with Crippen molar-refractivity contribution in [2.75, 3.05) is 13.2 Å². The van der Waals surface area contributed by atoms with Gasteiger partial charge in [0.25, 0.3) is 0 Å². The zero-order chi connectivity index (χ0) is 57.5. The van der Waals surface area contributed by atoms with Gasteiger partial charge in [0.05, 0.1) is 6.61 Å². The number of aliphatic carboxylic acids is 1. The van der Waals surface area contributed by atoms with Crippen LogP contribution in [0.5, 0.6) is 0 Å². The molecule has 3 N–H and O–H groups in total. The Morgan fingerprint density at radius 2 is 0.797 bits per heavy atom. The van der Waals surface area contributed by atoms with Gasteiger partial charge in [-0.25, -0.2) is 4.79 Å². The molecule has 6 atom stereocenters. The molecule has 0 amide bonds. The molecule has 0 aromatic carbocycles. The summed E-state index contributed by atoms with van der Waals surface area (Å²) in [6, 6.07) is 0. The van der Waals surface area contributed by atoms with E-state index in [-0.39, 0.29) is 25.9 Å². The van der Waals surface area contributed by atoms with Crippen molar-refractivity contribution in [3.63, 3.8) is 0 Å². The molecule has 0 aliphatic carbocycles. The second-order valence-corrected chi connectivity index (χ2v) is 20.6. The highest BCUT2D eigenvalue weighted by atomic mass is 16.7. The molecule has 1 heterocycles. The first-order valence-electron chi connectivity index (χ1n) is 30.9. The third-order valence-corrected chi connectivity index (χ3v) is 13.3. The maximum absolute atomic E-state index is 13.2. The van der Waals surface area contributed by atoms with Crippen LogP contribution in [0.25, 0.3) is 0 Å². The fourth-order valence-corrected chi connectivity index (χ4v) is 8.64. The van der Waals surface area contributed by atoms with E-state index in [1.54, 1.807) is 0 Å². The van der Waals surface area contributed by atoms with Gasteiger partial charge in [-0.2, -0.15) is 0 Å². The predicted molar refractivity (Wildman–Crippen MR) is 321 cm³/mol. The number of carbonyl (C=O) groups excluding carboxylic acids is 3. The van der Waals surface area contributed by atoms with Gasteiger partial charge < -0.3 is 39.0 Å². The maximum Gasteiger partial charge on any atom is 0.335 e. The summed E-state index contributed by atoms with van der Waals surface area (Å²) in [5.74, 6) is -3.21. The monoisotopic (exact) mass is 1100 g/mol. The third kappa shape index (κ3) is 43.8. The maximum atomic E-state index is 13.2. The first-order valence-corrected chi connectivity index (χ1v) is 30.9. The number of ether oxygens (including phenoxy) is 5. The van der Waals surface area contributed by atoms with Crippen LogP contribution in [0.1, 0.15) is 239 Å². The van der Waals surface area contributed by atoms with Crippen LogP contribution in [0, 0.1) is 0 Å². The number of rotatable bonds is 51. The van der Waals surface area contributed by atoms with Gasteiger partial charge in [-0.1, -0.05) is 207 Å². The molecule has 0 saturated carbocycles. The molecule has 448 valence electrons. The molecule has 0 aromatic rings. The molecule has 79 heavy (non-hydrogen) atoms. The number of unbranched alkanes of at least 4 members (excludes halogenated alkanes) is 19. The number of aliphatic hydroxyl groups excluding tert-OH is 2. The molecule has 1 rings (SSSR count). The minimum Gasteiger partial charge on any atom is -0.479 e. The minimum atomic E-state index is -1.92. The standard InChI is InChI=1S/C67H108O12/c1-4-7-10-13-16-19-22-25-28-29-30-31-34-35-38-41-44-47-50-53-59(68)75-56-58(77-60(69)54-51-48-45-42-39-36-32-26-23-20-17-14-11-8-5-2)57-76-67-65(63(72)62(71)64(79-67)66(73)74)78-61(70)55-52-49-46-43-40-37-33-27-24-21-18-15-12-9-6-3/h8-9,11-12,16-21,25-28,32-33,39,42,58,62-65,67,71-72H,4-7,10,13-15,22-24,29-31,34-38,40-41,43-57H2,1-3H3,(H,73,74)/b11-8-,12-9-,19-16-,20-17-,21-18-,28-25-,32-26-,33-27-,42-39-. The van der Waals surface area contributed by atoms with Crippen molar-refractivity contribution >= 4 is 23.9 Å². The molecule has 0 radical (unpaired) electrons. The van der Waals surface area contributed by atoms with Gasteiger partial charge in [0.15, 0.2) is 24.6 Å². The van der Waals surface area contributed by atoms with Gasteiger partial charge in [0.1, 0.15) is 18.8 Å². The Morgan fingerprint density at radius 3 is 1.24 bits per heavy atom. The number of carboxylic acid groups (broad SMARTS) is 1. The van der Waals surface area contributed by atoms with Gasteiger partial charge in [-0.3, -0.25) is 14.4 Å². The summed E-state index contributed by atoms with van der Waals surface area (Å²) < 4.78 is 28.4. The van der Waals surface area contributed by atoms with Crippen molar-refractivity contribution in [2.45, 2.75) is 276 Å². The van der Waals surface area contributed by atoms with E-state index < -0.39 is 67.3 Å². The highest BCUT2D eigenvalue weighted by molar-refractivity contribution is 5.74. The van der Waals surface area contributed by atoms with Gasteiger partial charge in [0, 0.05) is 19.3 Å². The second-order valence-electron chi connectivity index (χ2n) is 20.6. The predicted octanol–water partition coefficient (Wildman–Crippen LogP) is 16.2. The summed E-state index contributed by atoms with van der Waals surface area (Å²) in [4.78, 5) is 51.2. The summed E-state index contributed by atoms with van der Waals surface area (Å²) >= 11 is 0. The molecule has 1 aliphatic rings. The lowest BCUT2D eigenvalue weighted by atomic mass is 9.98. The molecule has 0 aromatic heterocycles. The van der Waals surface area contributed by atoms with E-state index in [2.05, 4.69) is 130 Å². The summed E-state index contributed by atoms with van der Waals surface area (Å²) in [6.45, 7) is 5.70. The summed E-state index contributed by atoms with van der Waals surface area (Å²) in [6.07, 6.45) is 60.5. The lowest BCUT2D eigenvalue weighted by Crippen LogP contribution is -2.61. The van der Waals surface area contributed by atoms with Crippen LogP contribution < -0.4 is 0 Å². The minimum absolute atomic E-state index is 0.0305. The fraction of sp³-hybridized carbons (Fsp3) is 0.672. The Bertz CT molecular complexity index is 1790. The van der Waals surface area contributed by atoms with Crippen LogP contribution >= 0.6 is 0 Å². The Labute approximate surface area is 478 Å². The topological polar surface area (TPSA) is 175 Å². The average Bonchev–Trinajstić information content (AvgIpc) is 3.46.